The lowest BCUT2D eigenvalue weighted by molar-refractivity contribution is -0.147. The first-order chi connectivity index (χ1) is 21.5. The zero-order valence-electron chi connectivity index (χ0n) is 27.5. The summed E-state index contributed by atoms with van der Waals surface area (Å²) in [5, 5.41) is 11.1. The van der Waals surface area contributed by atoms with Gasteiger partial charge in [-0.15, -0.1) is 0 Å². The molecule has 4 aliphatic rings. The fourth-order valence-electron chi connectivity index (χ4n) is 6.51. The van der Waals surface area contributed by atoms with E-state index in [2.05, 4.69) is 29.8 Å². The molecule has 2 fully saturated rings. The Kier molecular flexibility index (Phi) is 11.5. The van der Waals surface area contributed by atoms with Gasteiger partial charge in [-0.25, -0.2) is 0 Å². The molecule has 45 heavy (non-hydrogen) atoms. The highest BCUT2D eigenvalue weighted by Gasteiger charge is 2.48. The lowest BCUT2D eigenvalue weighted by Crippen LogP contribution is -2.64. The molecule has 248 valence electrons. The fourth-order valence-corrected chi connectivity index (χ4v) is 7.65. The second-order valence-electron chi connectivity index (χ2n) is 11.5. The van der Waals surface area contributed by atoms with E-state index in [4.69, 9.17) is 29.4 Å². The molecule has 11 nitrogen and oxygen atoms in total. The van der Waals surface area contributed by atoms with Gasteiger partial charge in [0.25, 0.3) is 0 Å². The number of carbonyl (C=O) groups excluding carboxylic acids is 2. The van der Waals surface area contributed by atoms with Crippen molar-refractivity contribution < 1.29 is 38.4 Å². The predicted octanol–water partition coefficient (Wildman–Crippen LogP) is 3.97. The van der Waals surface area contributed by atoms with Gasteiger partial charge in [-0.05, 0) is 57.5 Å². The lowest BCUT2D eigenvalue weighted by atomic mass is 9.80. The molecule has 4 aliphatic heterocycles. The van der Waals surface area contributed by atoms with Crippen LogP contribution in [0.1, 0.15) is 56.0 Å². The molecule has 3 N–H and O–H groups in total. The number of methoxy groups -OCH3 is 1. The number of thioether (sulfide) groups is 1. The summed E-state index contributed by atoms with van der Waals surface area (Å²) in [6.45, 7) is 12.8. The van der Waals surface area contributed by atoms with Crippen molar-refractivity contribution in [3.8, 4) is 28.7 Å². The average Bonchev–Trinajstić information content (AvgIpc) is 3.49. The van der Waals surface area contributed by atoms with Crippen LogP contribution in [0.25, 0.3) is 0 Å². The molecule has 0 saturated carbocycles. The molecule has 0 amide bonds. The van der Waals surface area contributed by atoms with Crippen molar-refractivity contribution >= 4 is 23.7 Å². The van der Waals surface area contributed by atoms with Gasteiger partial charge in [0.2, 0.25) is 6.79 Å². The van der Waals surface area contributed by atoms with Crippen LogP contribution < -0.4 is 24.7 Å². The maximum Gasteiger partial charge on any atom is 0.323 e. The number of phenols is 1. The predicted molar refractivity (Wildman–Crippen MR) is 174 cm³/mol. The van der Waals surface area contributed by atoms with Crippen LogP contribution in [-0.4, -0.2) is 96.6 Å². The maximum atomic E-state index is 12.1. The van der Waals surface area contributed by atoms with Crippen LogP contribution in [0.2, 0.25) is 0 Å². The van der Waals surface area contributed by atoms with Crippen LogP contribution in [-0.2, 0) is 20.7 Å². The number of hydrogen-bond donors (Lipinski definition) is 2. The summed E-state index contributed by atoms with van der Waals surface area (Å²) < 4.78 is 26.4. The number of esters is 2. The first-order valence-corrected chi connectivity index (χ1v) is 16.6. The van der Waals surface area contributed by atoms with E-state index in [-0.39, 0.29) is 42.6 Å². The molecule has 0 spiro atoms. The van der Waals surface area contributed by atoms with E-state index in [0.29, 0.717) is 41.4 Å². The topological polar surface area (TPSA) is 133 Å². The summed E-state index contributed by atoms with van der Waals surface area (Å²) in [5.74, 6) is 3.40. The van der Waals surface area contributed by atoms with Crippen molar-refractivity contribution in [3.05, 3.63) is 40.5 Å². The van der Waals surface area contributed by atoms with E-state index in [9.17, 15) is 14.7 Å². The molecule has 6 rings (SSSR count). The van der Waals surface area contributed by atoms with Crippen molar-refractivity contribution in [3.63, 3.8) is 0 Å². The number of likely N-dealkylation sites (N-methyl/N-ethyl adjacent to an activating group) is 1. The summed E-state index contributed by atoms with van der Waals surface area (Å²) in [6.07, 6.45) is 0.883. The van der Waals surface area contributed by atoms with E-state index in [1.54, 1.807) is 31.0 Å². The maximum absolute atomic E-state index is 12.1. The monoisotopic (exact) mass is 645 g/mol. The summed E-state index contributed by atoms with van der Waals surface area (Å²) in [6, 6.07) is 5.67. The fraction of sp³-hybridized carbons (Fsp3) is 0.576. The number of aryl methyl sites for hydroxylation is 1. The highest BCUT2D eigenvalue weighted by Crippen LogP contribution is 2.49. The highest BCUT2D eigenvalue weighted by atomic mass is 32.2. The normalized spacial score (nSPS) is 25.6. The molecule has 2 bridgehead atoms. The van der Waals surface area contributed by atoms with Crippen molar-refractivity contribution in [1.82, 2.24) is 9.80 Å². The molecule has 5 atom stereocenters. The number of piperazine rings is 1. The second-order valence-corrected chi connectivity index (χ2v) is 12.6. The third-order valence-electron chi connectivity index (χ3n) is 8.66. The second kappa shape index (κ2) is 14.9. The number of carbonyl (C=O) groups is 2. The van der Waals surface area contributed by atoms with E-state index < -0.39 is 6.04 Å². The van der Waals surface area contributed by atoms with Crippen LogP contribution >= 0.6 is 11.8 Å². The number of ether oxygens (including phenoxy) is 5. The van der Waals surface area contributed by atoms with Crippen molar-refractivity contribution in [2.24, 2.45) is 5.73 Å². The van der Waals surface area contributed by atoms with Gasteiger partial charge in [0.05, 0.1) is 13.2 Å². The minimum atomic E-state index is -0.595. The molecule has 12 heteroatoms. The number of nitrogens with zero attached hydrogens (tertiary/aromatic N) is 2. The number of cyclic esters (lactones) is 1. The van der Waals surface area contributed by atoms with Gasteiger partial charge in [0.1, 0.15) is 18.4 Å². The Morgan fingerprint density at radius 3 is 2.58 bits per heavy atom. The Balaban J connectivity index is 0.000000241. The number of fused-ring (bicyclic) bond motifs is 7. The van der Waals surface area contributed by atoms with Crippen molar-refractivity contribution in [1.29, 1.82) is 0 Å². The van der Waals surface area contributed by atoms with E-state index in [1.807, 2.05) is 27.7 Å². The highest BCUT2D eigenvalue weighted by molar-refractivity contribution is 7.99. The summed E-state index contributed by atoms with van der Waals surface area (Å²) in [7, 11) is 3.76. The zero-order chi connectivity index (χ0) is 33.0. The Morgan fingerprint density at radius 1 is 1.16 bits per heavy atom. The van der Waals surface area contributed by atoms with Gasteiger partial charge in [-0.3, -0.25) is 19.4 Å². The molecule has 4 heterocycles. The van der Waals surface area contributed by atoms with Gasteiger partial charge in [0, 0.05) is 54.2 Å². The Bertz CT molecular complexity index is 1390. The minimum Gasteiger partial charge on any atom is -0.504 e. The van der Waals surface area contributed by atoms with Crippen LogP contribution in [0.5, 0.6) is 28.7 Å². The lowest BCUT2D eigenvalue weighted by Gasteiger charge is -2.55. The van der Waals surface area contributed by atoms with Crippen LogP contribution in [0.3, 0.4) is 0 Å². The van der Waals surface area contributed by atoms with Crippen LogP contribution in [0.15, 0.2) is 18.2 Å². The van der Waals surface area contributed by atoms with Crippen molar-refractivity contribution in [2.45, 2.75) is 78.2 Å². The number of benzene rings is 2. The summed E-state index contributed by atoms with van der Waals surface area (Å²) in [4.78, 5) is 27.7. The molecule has 0 radical (unpaired) electrons. The minimum absolute atomic E-state index is 0.0494. The SMILES string of the molecule is CC.CC(=O)Oc1ccc2c(c1C)OCO2.COc1c(C)cc2c(c1O)[C@@H]1C3CSC[C@H](N)C(=O)OC[C@@H](C)N3C[C@H](C2)N1C. The molecule has 2 aromatic rings. The number of hydrogen-bond acceptors (Lipinski definition) is 12. The van der Waals surface area contributed by atoms with Crippen LogP contribution in [0, 0.1) is 13.8 Å². The summed E-state index contributed by atoms with van der Waals surface area (Å²) in [5.41, 5.74) is 9.94. The van der Waals surface area contributed by atoms with Gasteiger partial charge in [-0.1, -0.05) is 19.9 Å². The first kappa shape index (κ1) is 34.7. The third kappa shape index (κ3) is 7.14. The Labute approximate surface area is 270 Å². The van der Waals surface area contributed by atoms with Gasteiger partial charge < -0.3 is 34.5 Å². The number of rotatable bonds is 2. The Hall–Kier alpha value is -3.19. The number of aromatic hydroxyl groups is 1. The molecule has 2 saturated heterocycles. The summed E-state index contributed by atoms with van der Waals surface area (Å²) >= 11 is 1.68. The Morgan fingerprint density at radius 2 is 1.89 bits per heavy atom. The molecular formula is C33H47N3O8S. The molecule has 1 unspecified atom stereocenters. The molecular weight excluding hydrogens is 598 g/mol. The zero-order valence-corrected chi connectivity index (χ0v) is 28.4. The van der Waals surface area contributed by atoms with Gasteiger partial charge in [0.15, 0.2) is 23.0 Å². The van der Waals surface area contributed by atoms with E-state index >= 15 is 0 Å². The van der Waals surface area contributed by atoms with Gasteiger partial charge >= 0.3 is 11.9 Å². The van der Waals surface area contributed by atoms with E-state index in [0.717, 1.165) is 35.4 Å². The average molecular weight is 646 g/mol. The van der Waals surface area contributed by atoms with Gasteiger partial charge in [-0.2, -0.15) is 11.8 Å². The molecule has 0 aromatic heterocycles. The quantitative estimate of drug-likeness (QED) is 0.362. The van der Waals surface area contributed by atoms with Crippen molar-refractivity contribution in [2.75, 3.05) is 45.6 Å². The number of nitrogens with two attached hydrogens (primary N) is 1. The standard InChI is InChI=1S/C21H31N3O4S.C10H10O4.C2H6/c1-11-5-13-6-14-7-24-12(2)8-28-21(26)15(22)9-29-10-16(24)18(23(14)3)17(13)19(25)20(11)27-4;1-6-8(14-7(2)11)3-4-9-10(6)13-5-12-9;1-2/h5,12,14-16,18,25H,6-10,22H2,1-4H3;3-4H,5H2,1-2H3;1-2H3/t12-,14+,15+,16?,18+;;/m1../s1. The number of phenolic OH excluding ortho intramolecular Hbond substituents is 1. The van der Waals surface area contributed by atoms with Crippen LogP contribution in [0.4, 0.5) is 0 Å². The molecule has 0 aliphatic carbocycles. The third-order valence-corrected chi connectivity index (χ3v) is 9.83. The first-order valence-electron chi connectivity index (χ1n) is 15.5. The molecule has 2 aromatic carbocycles. The largest absolute Gasteiger partial charge is 0.504 e. The van der Waals surface area contributed by atoms with E-state index in [1.165, 1.54) is 12.5 Å². The smallest absolute Gasteiger partial charge is 0.323 e.